The Morgan fingerprint density at radius 1 is 1.21 bits per heavy atom. The highest BCUT2D eigenvalue weighted by atomic mass is 32.2. The molecule has 2 aliphatic heterocycles. The number of carboxylic acid groups (broad SMARTS) is 1. The minimum absolute atomic E-state index is 0.0470. The molecule has 1 saturated heterocycles. The van der Waals surface area contributed by atoms with E-state index in [-0.39, 0.29) is 30.3 Å². The third-order valence-corrected chi connectivity index (χ3v) is 9.84. The topological polar surface area (TPSA) is 116 Å². The quantitative estimate of drug-likeness (QED) is 0.610. The Bertz CT molecular complexity index is 1080. The molecule has 0 aromatic heterocycles. The van der Waals surface area contributed by atoms with Crippen LogP contribution in [0.4, 0.5) is 0 Å². The van der Waals surface area contributed by atoms with Gasteiger partial charge in [-0.15, -0.1) is 0 Å². The second kappa shape index (κ2) is 9.77. The normalized spacial score (nSPS) is 25.2. The Kier molecular flexibility index (Phi) is 7.14. The van der Waals surface area contributed by atoms with Crippen LogP contribution in [0, 0.1) is 18.8 Å². The number of nitrogens with zero attached hydrogens (tertiary/aromatic N) is 2. The molecule has 0 atom stereocenters. The number of aryl methyl sites for hydroxylation is 2. The van der Waals surface area contributed by atoms with E-state index in [2.05, 4.69) is 12.2 Å². The standard InChI is InChI=1S/C25H35N3O5S/c1-3-18-4-6-20(7-5-18)22-26-24(31)25(27-22)11-13-28(14-12-25)34(32,33)15-10-19-8-9-21(23(29)30)16-17(19)2/h8-9,16,18,20H,3-7,10-15H2,1-2H3,(H,29,30)(H,26,27,31). The summed E-state index contributed by atoms with van der Waals surface area (Å²) in [5.74, 6) is 0.774. The first kappa shape index (κ1) is 24.9. The fraction of sp³-hybridized carbons (Fsp3) is 0.640. The molecule has 1 aliphatic carbocycles. The number of amides is 1. The van der Waals surface area contributed by atoms with Crippen molar-refractivity contribution in [2.75, 3.05) is 18.8 Å². The van der Waals surface area contributed by atoms with Gasteiger partial charge >= 0.3 is 5.97 Å². The highest BCUT2D eigenvalue weighted by Gasteiger charge is 2.48. The van der Waals surface area contributed by atoms with Crippen LogP contribution in [0.3, 0.4) is 0 Å². The van der Waals surface area contributed by atoms with Crippen LogP contribution in [0.15, 0.2) is 23.2 Å². The molecule has 0 bridgehead atoms. The third-order valence-electron chi connectivity index (χ3n) is 7.97. The van der Waals surface area contributed by atoms with Crippen LogP contribution in [-0.4, -0.2) is 59.9 Å². The first-order valence-corrected chi connectivity index (χ1v) is 14.0. The lowest BCUT2D eigenvalue weighted by Gasteiger charge is -2.34. The van der Waals surface area contributed by atoms with Gasteiger partial charge in [-0.25, -0.2) is 17.5 Å². The monoisotopic (exact) mass is 489 g/mol. The van der Waals surface area contributed by atoms with E-state index in [0.29, 0.717) is 25.2 Å². The van der Waals surface area contributed by atoms with Crippen molar-refractivity contribution in [3.63, 3.8) is 0 Å². The number of carbonyl (C=O) groups is 2. The zero-order chi connectivity index (χ0) is 24.5. The van der Waals surface area contributed by atoms with Crippen LogP contribution in [0.5, 0.6) is 0 Å². The van der Waals surface area contributed by atoms with E-state index in [1.807, 2.05) is 0 Å². The molecule has 1 spiro atoms. The number of hydrogen-bond acceptors (Lipinski definition) is 5. The van der Waals surface area contributed by atoms with E-state index in [4.69, 9.17) is 10.1 Å². The van der Waals surface area contributed by atoms with E-state index < -0.39 is 21.5 Å². The van der Waals surface area contributed by atoms with Crippen molar-refractivity contribution in [2.24, 2.45) is 16.8 Å². The zero-order valence-corrected chi connectivity index (χ0v) is 20.9. The maximum Gasteiger partial charge on any atom is 0.335 e. The molecule has 1 aromatic rings. The Labute approximate surface area is 201 Å². The van der Waals surface area contributed by atoms with Crippen molar-refractivity contribution in [2.45, 2.75) is 70.8 Å². The molecule has 186 valence electrons. The highest BCUT2D eigenvalue weighted by Crippen LogP contribution is 2.36. The summed E-state index contributed by atoms with van der Waals surface area (Å²) in [4.78, 5) is 28.8. The summed E-state index contributed by atoms with van der Waals surface area (Å²) in [5.41, 5.74) is 0.958. The van der Waals surface area contributed by atoms with Gasteiger partial charge in [0.25, 0.3) is 5.91 Å². The molecule has 1 amide bonds. The smallest absolute Gasteiger partial charge is 0.335 e. The van der Waals surface area contributed by atoms with Gasteiger partial charge < -0.3 is 10.4 Å². The number of hydrogen-bond donors (Lipinski definition) is 2. The first-order valence-electron chi connectivity index (χ1n) is 12.4. The molecular weight excluding hydrogens is 454 g/mol. The highest BCUT2D eigenvalue weighted by molar-refractivity contribution is 7.89. The van der Waals surface area contributed by atoms with Gasteiger partial charge in [0.2, 0.25) is 10.0 Å². The fourth-order valence-electron chi connectivity index (χ4n) is 5.53. The van der Waals surface area contributed by atoms with Crippen molar-refractivity contribution in [3.05, 3.63) is 34.9 Å². The predicted molar refractivity (Wildman–Crippen MR) is 130 cm³/mol. The number of carboxylic acids is 1. The Balaban J connectivity index is 1.36. The van der Waals surface area contributed by atoms with Crippen molar-refractivity contribution < 1.29 is 23.1 Å². The van der Waals surface area contributed by atoms with E-state index in [0.717, 1.165) is 35.7 Å². The number of amidine groups is 1. The van der Waals surface area contributed by atoms with Crippen molar-refractivity contribution in [1.82, 2.24) is 9.62 Å². The molecule has 34 heavy (non-hydrogen) atoms. The first-order chi connectivity index (χ1) is 16.1. The molecule has 8 nitrogen and oxygen atoms in total. The molecule has 9 heteroatoms. The summed E-state index contributed by atoms with van der Waals surface area (Å²) in [7, 11) is -3.49. The summed E-state index contributed by atoms with van der Waals surface area (Å²) in [5, 5.41) is 12.1. The van der Waals surface area contributed by atoms with E-state index in [1.165, 1.54) is 29.6 Å². The summed E-state index contributed by atoms with van der Waals surface area (Å²) < 4.78 is 27.5. The van der Waals surface area contributed by atoms with Gasteiger partial charge in [-0.3, -0.25) is 9.79 Å². The fourth-order valence-corrected chi connectivity index (χ4v) is 7.01. The number of aliphatic imine (C=N–C) groups is 1. The molecule has 4 rings (SSSR count). The maximum atomic E-state index is 13.0. The van der Waals surface area contributed by atoms with Gasteiger partial charge in [-0.1, -0.05) is 19.4 Å². The second-order valence-corrected chi connectivity index (χ2v) is 12.1. The van der Waals surface area contributed by atoms with Crippen LogP contribution < -0.4 is 5.32 Å². The molecule has 1 saturated carbocycles. The average Bonchev–Trinajstić information content (AvgIpc) is 3.14. The van der Waals surface area contributed by atoms with Gasteiger partial charge in [0.05, 0.1) is 11.3 Å². The predicted octanol–water partition coefficient (Wildman–Crippen LogP) is 3.14. The Hall–Kier alpha value is -2.26. The van der Waals surface area contributed by atoms with Crippen LogP contribution in [-0.2, 0) is 21.2 Å². The number of piperidine rings is 1. The number of aromatic carboxylic acids is 1. The molecular formula is C25H35N3O5S. The third kappa shape index (κ3) is 5.05. The minimum Gasteiger partial charge on any atom is -0.478 e. The summed E-state index contributed by atoms with van der Waals surface area (Å²) in [6.45, 7) is 4.59. The van der Waals surface area contributed by atoms with Gasteiger partial charge in [0, 0.05) is 19.0 Å². The SMILES string of the molecule is CCC1CCC(C2=NC3(CCN(S(=O)(=O)CCc4ccc(C(=O)O)cc4C)CC3)C(=O)N2)CC1. The number of rotatable bonds is 7. The van der Waals surface area contributed by atoms with E-state index in [9.17, 15) is 18.0 Å². The number of sulfonamides is 1. The number of benzene rings is 1. The molecule has 0 radical (unpaired) electrons. The lowest BCUT2D eigenvalue weighted by atomic mass is 9.80. The van der Waals surface area contributed by atoms with Gasteiger partial charge in [0.15, 0.2) is 0 Å². The summed E-state index contributed by atoms with van der Waals surface area (Å²) >= 11 is 0. The van der Waals surface area contributed by atoms with Crippen molar-refractivity contribution in [3.8, 4) is 0 Å². The second-order valence-electron chi connectivity index (χ2n) is 10.0. The van der Waals surface area contributed by atoms with Crippen LogP contribution in [0.2, 0.25) is 0 Å². The molecule has 2 fully saturated rings. The van der Waals surface area contributed by atoms with Gasteiger partial charge in [0.1, 0.15) is 11.4 Å². The van der Waals surface area contributed by atoms with Gasteiger partial charge in [-0.2, -0.15) is 0 Å². The molecule has 1 aromatic carbocycles. The van der Waals surface area contributed by atoms with E-state index in [1.54, 1.807) is 19.1 Å². The van der Waals surface area contributed by atoms with Crippen LogP contribution in [0.1, 0.15) is 73.4 Å². The Morgan fingerprint density at radius 3 is 2.47 bits per heavy atom. The van der Waals surface area contributed by atoms with Crippen LogP contribution >= 0.6 is 0 Å². The number of nitrogens with one attached hydrogen (secondary N) is 1. The van der Waals surface area contributed by atoms with Crippen molar-refractivity contribution >= 4 is 27.7 Å². The van der Waals surface area contributed by atoms with Crippen molar-refractivity contribution in [1.29, 1.82) is 0 Å². The van der Waals surface area contributed by atoms with E-state index >= 15 is 0 Å². The van der Waals surface area contributed by atoms with Crippen LogP contribution in [0.25, 0.3) is 0 Å². The Morgan fingerprint density at radius 2 is 1.88 bits per heavy atom. The lowest BCUT2D eigenvalue weighted by molar-refractivity contribution is -0.125. The number of carbonyl (C=O) groups excluding carboxylic acids is 1. The molecule has 2 N–H and O–H groups in total. The summed E-state index contributed by atoms with van der Waals surface area (Å²) in [6, 6.07) is 4.76. The average molecular weight is 490 g/mol. The molecule has 3 aliphatic rings. The summed E-state index contributed by atoms with van der Waals surface area (Å²) in [6.07, 6.45) is 6.78. The van der Waals surface area contributed by atoms with Gasteiger partial charge in [-0.05, 0) is 81.0 Å². The largest absolute Gasteiger partial charge is 0.478 e. The lowest BCUT2D eigenvalue weighted by Crippen LogP contribution is -2.51. The minimum atomic E-state index is -3.49. The molecule has 2 heterocycles. The zero-order valence-electron chi connectivity index (χ0n) is 20.0. The maximum absolute atomic E-state index is 13.0. The molecule has 0 unspecified atom stereocenters.